The van der Waals surface area contributed by atoms with E-state index >= 15 is 0 Å². The van der Waals surface area contributed by atoms with Crippen molar-refractivity contribution >= 4 is 5.82 Å². The average Bonchev–Trinajstić information content (AvgIpc) is 3.11. The third kappa shape index (κ3) is 2.97. The number of hydrogen-bond donors (Lipinski definition) is 1. The lowest BCUT2D eigenvalue weighted by atomic mass is 10.2. The number of pyridine rings is 1. The second kappa shape index (κ2) is 5.50. The molecule has 1 aliphatic rings. The molecule has 0 saturated heterocycles. The molecule has 1 N–H and O–H groups in total. The van der Waals surface area contributed by atoms with E-state index in [9.17, 15) is 0 Å². The van der Waals surface area contributed by atoms with Gasteiger partial charge in [0.1, 0.15) is 5.82 Å². The van der Waals surface area contributed by atoms with E-state index in [4.69, 9.17) is 0 Å². The first-order valence-corrected chi connectivity index (χ1v) is 6.63. The van der Waals surface area contributed by atoms with Gasteiger partial charge in [0.05, 0.1) is 0 Å². The summed E-state index contributed by atoms with van der Waals surface area (Å²) in [6.45, 7) is 6.43. The molecule has 1 fully saturated rings. The lowest BCUT2D eigenvalue weighted by molar-refractivity contribution is 0.743. The minimum atomic E-state index is 0.747. The monoisotopic (exact) mass is 233 g/mol. The van der Waals surface area contributed by atoms with Gasteiger partial charge < -0.3 is 10.2 Å². The Morgan fingerprint density at radius 3 is 2.76 bits per heavy atom. The molecule has 0 bridgehead atoms. The van der Waals surface area contributed by atoms with Gasteiger partial charge >= 0.3 is 0 Å². The minimum absolute atomic E-state index is 0.747. The fourth-order valence-electron chi connectivity index (χ4n) is 2.32. The number of anilines is 1. The third-order valence-corrected chi connectivity index (χ3v) is 3.21. The van der Waals surface area contributed by atoms with Crippen molar-refractivity contribution in [1.29, 1.82) is 0 Å². The average molecular weight is 233 g/mol. The molecule has 0 amide bonds. The van der Waals surface area contributed by atoms with Gasteiger partial charge in [-0.2, -0.15) is 0 Å². The molecule has 3 nitrogen and oxygen atoms in total. The van der Waals surface area contributed by atoms with E-state index in [2.05, 4.69) is 35.1 Å². The van der Waals surface area contributed by atoms with Crippen LogP contribution >= 0.6 is 0 Å². The topological polar surface area (TPSA) is 28.2 Å². The largest absolute Gasteiger partial charge is 0.353 e. The van der Waals surface area contributed by atoms with Gasteiger partial charge in [0.15, 0.2) is 0 Å². The van der Waals surface area contributed by atoms with E-state index in [1.54, 1.807) is 0 Å². The Hall–Kier alpha value is -1.09. The lowest BCUT2D eigenvalue weighted by Crippen LogP contribution is -2.28. The molecule has 0 radical (unpaired) electrons. The normalized spacial score (nSPS) is 15.0. The Balaban J connectivity index is 2.18. The molecule has 17 heavy (non-hydrogen) atoms. The standard InChI is InChI=1S/C14H23N3/c1-4-7-17(13-5-6-13)14-11(2)8-12(9-15-3)10-16-14/h8,10,13,15H,4-7,9H2,1-3H3. The Morgan fingerprint density at radius 2 is 2.24 bits per heavy atom. The van der Waals surface area contributed by atoms with Crippen LogP contribution in [0.5, 0.6) is 0 Å². The summed E-state index contributed by atoms with van der Waals surface area (Å²) in [5.41, 5.74) is 2.57. The van der Waals surface area contributed by atoms with Crippen molar-refractivity contribution in [2.24, 2.45) is 0 Å². The van der Waals surface area contributed by atoms with Gasteiger partial charge in [-0.15, -0.1) is 0 Å². The Kier molecular flexibility index (Phi) is 4.00. The SMILES string of the molecule is CCCN(c1ncc(CNC)cc1C)C1CC1. The molecule has 1 saturated carbocycles. The van der Waals surface area contributed by atoms with Crippen molar-refractivity contribution in [3.8, 4) is 0 Å². The number of hydrogen-bond acceptors (Lipinski definition) is 3. The van der Waals surface area contributed by atoms with Crippen LogP contribution in [-0.4, -0.2) is 24.6 Å². The summed E-state index contributed by atoms with van der Waals surface area (Å²) < 4.78 is 0. The van der Waals surface area contributed by atoms with E-state index in [-0.39, 0.29) is 0 Å². The smallest absolute Gasteiger partial charge is 0.131 e. The van der Waals surface area contributed by atoms with Crippen LogP contribution in [0, 0.1) is 6.92 Å². The van der Waals surface area contributed by atoms with Crippen molar-refractivity contribution in [3.05, 3.63) is 23.4 Å². The summed E-state index contributed by atoms with van der Waals surface area (Å²) in [6.07, 6.45) is 5.86. The molecule has 1 aromatic rings. The van der Waals surface area contributed by atoms with E-state index in [0.717, 1.165) is 19.1 Å². The highest BCUT2D eigenvalue weighted by atomic mass is 15.2. The van der Waals surface area contributed by atoms with Crippen LogP contribution in [0.4, 0.5) is 5.82 Å². The van der Waals surface area contributed by atoms with Crippen LogP contribution < -0.4 is 10.2 Å². The molecule has 0 aliphatic heterocycles. The maximum atomic E-state index is 4.66. The molecule has 0 spiro atoms. The molecule has 1 heterocycles. The summed E-state index contributed by atoms with van der Waals surface area (Å²) in [6, 6.07) is 3.00. The second-order valence-corrected chi connectivity index (χ2v) is 4.94. The van der Waals surface area contributed by atoms with E-state index in [1.165, 1.54) is 36.2 Å². The summed E-state index contributed by atoms with van der Waals surface area (Å²) in [7, 11) is 1.97. The lowest BCUT2D eigenvalue weighted by Gasteiger charge is -2.24. The molecular formula is C14H23N3. The quantitative estimate of drug-likeness (QED) is 0.818. The highest BCUT2D eigenvalue weighted by Crippen LogP contribution is 2.32. The van der Waals surface area contributed by atoms with Crippen LogP contribution in [-0.2, 0) is 6.54 Å². The predicted octanol–water partition coefficient (Wildman–Crippen LogP) is 2.49. The fourth-order valence-corrected chi connectivity index (χ4v) is 2.32. The summed E-state index contributed by atoms with van der Waals surface area (Å²) >= 11 is 0. The zero-order valence-electron chi connectivity index (χ0n) is 11.2. The van der Waals surface area contributed by atoms with Gasteiger partial charge in [0, 0.05) is 25.3 Å². The number of rotatable bonds is 6. The number of aromatic nitrogens is 1. The van der Waals surface area contributed by atoms with E-state index < -0.39 is 0 Å². The minimum Gasteiger partial charge on any atom is -0.353 e. The van der Waals surface area contributed by atoms with Crippen LogP contribution in [0.25, 0.3) is 0 Å². The van der Waals surface area contributed by atoms with Gasteiger partial charge in [-0.3, -0.25) is 0 Å². The number of aryl methyl sites for hydroxylation is 1. The van der Waals surface area contributed by atoms with Crippen LogP contribution in [0.2, 0.25) is 0 Å². The molecular weight excluding hydrogens is 210 g/mol. The first-order chi connectivity index (χ1) is 8.26. The maximum absolute atomic E-state index is 4.66. The zero-order valence-corrected chi connectivity index (χ0v) is 11.2. The highest BCUT2D eigenvalue weighted by Gasteiger charge is 2.30. The summed E-state index contributed by atoms with van der Waals surface area (Å²) in [5, 5.41) is 3.17. The molecule has 94 valence electrons. The van der Waals surface area contributed by atoms with Gasteiger partial charge in [-0.1, -0.05) is 6.92 Å². The fraction of sp³-hybridized carbons (Fsp3) is 0.643. The van der Waals surface area contributed by atoms with E-state index in [1.807, 2.05) is 13.2 Å². The molecule has 3 heteroatoms. The van der Waals surface area contributed by atoms with Gasteiger partial charge in [0.2, 0.25) is 0 Å². The van der Waals surface area contributed by atoms with E-state index in [0.29, 0.717) is 0 Å². The third-order valence-electron chi connectivity index (χ3n) is 3.21. The molecule has 0 aromatic carbocycles. The highest BCUT2D eigenvalue weighted by molar-refractivity contribution is 5.49. The van der Waals surface area contributed by atoms with Gasteiger partial charge in [-0.25, -0.2) is 4.98 Å². The first kappa shape index (κ1) is 12.4. The van der Waals surface area contributed by atoms with Crippen molar-refractivity contribution < 1.29 is 0 Å². The number of nitrogens with one attached hydrogen (secondary N) is 1. The van der Waals surface area contributed by atoms with Crippen molar-refractivity contribution in [1.82, 2.24) is 10.3 Å². The predicted molar refractivity (Wildman–Crippen MR) is 72.4 cm³/mol. The molecule has 0 atom stereocenters. The van der Waals surface area contributed by atoms with Crippen molar-refractivity contribution in [2.45, 2.75) is 45.7 Å². The maximum Gasteiger partial charge on any atom is 0.131 e. The Bertz CT molecular complexity index is 372. The molecule has 1 aromatic heterocycles. The molecule has 2 rings (SSSR count). The van der Waals surface area contributed by atoms with Crippen LogP contribution in [0.1, 0.15) is 37.3 Å². The summed E-state index contributed by atoms with van der Waals surface area (Å²) in [5.74, 6) is 1.19. The first-order valence-electron chi connectivity index (χ1n) is 6.63. The van der Waals surface area contributed by atoms with Gasteiger partial charge in [-0.05, 0) is 50.4 Å². The number of nitrogens with zero attached hydrogens (tertiary/aromatic N) is 2. The summed E-state index contributed by atoms with van der Waals surface area (Å²) in [4.78, 5) is 7.15. The van der Waals surface area contributed by atoms with Crippen LogP contribution in [0.3, 0.4) is 0 Å². The zero-order chi connectivity index (χ0) is 12.3. The Morgan fingerprint density at radius 1 is 1.47 bits per heavy atom. The molecule has 0 unspecified atom stereocenters. The van der Waals surface area contributed by atoms with Gasteiger partial charge in [0.25, 0.3) is 0 Å². The second-order valence-electron chi connectivity index (χ2n) is 4.94. The van der Waals surface area contributed by atoms with Crippen LogP contribution in [0.15, 0.2) is 12.3 Å². The van der Waals surface area contributed by atoms with Crippen molar-refractivity contribution in [3.63, 3.8) is 0 Å². The van der Waals surface area contributed by atoms with Crippen molar-refractivity contribution in [2.75, 3.05) is 18.5 Å². The molecule has 1 aliphatic carbocycles. The Labute approximate surface area is 104 Å².